The lowest BCUT2D eigenvalue weighted by molar-refractivity contribution is -0.123. The maximum absolute atomic E-state index is 11.9. The quantitative estimate of drug-likeness (QED) is 0.734. The van der Waals surface area contributed by atoms with Gasteiger partial charge < -0.3 is 11.1 Å². The molecule has 6 heteroatoms. The molecule has 0 saturated heterocycles. The molecule has 0 aromatic heterocycles. The van der Waals surface area contributed by atoms with Crippen molar-refractivity contribution in [3.05, 3.63) is 0 Å². The molecular formula is C13H26N2O3S. The molecule has 3 atom stereocenters. The fraction of sp³-hybridized carbons (Fsp3) is 0.923. The van der Waals surface area contributed by atoms with Crippen LogP contribution in [0.1, 0.15) is 45.4 Å². The van der Waals surface area contributed by atoms with Gasteiger partial charge in [0.15, 0.2) is 0 Å². The van der Waals surface area contributed by atoms with Gasteiger partial charge in [-0.2, -0.15) is 0 Å². The Balaban J connectivity index is 2.36. The molecule has 0 bridgehead atoms. The van der Waals surface area contributed by atoms with Crippen molar-refractivity contribution in [1.82, 2.24) is 5.32 Å². The van der Waals surface area contributed by atoms with Crippen LogP contribution in [-0.4, -0.2) is 38.4 Å². The van der Waals surface area contributed by atoms with E-state index in [9.17, 15) is 13.2 Å². The molecule has 19 heavy (non-hydrogen) atoms. The SMILES string of the molecule is CC1CCCC(NC(=O)C(N)CCS(C)(=O)=O)CC1. The van der Waals surface area contributed by atoms with Crippen LogP contribution in [0.25, 0.3) is 0 Å². The van der Waals surface area contributed by atoms with Crippen LogP contribution < -0.4 is 11.1 Å². The molecule has 1 rings (SSSR count). The summed E-state index contributed by atoms with van der Waals surface area (Å²) < 4.78 is 22.1. The van der Waals surface area contributed by atoms with Gasteiger partial charge in [-0.25, -0.2) is 8.42 Å². The van der Waals surface area contributed by atoms with Gasteiger partial charge in [0, 0.05) is 12.3 Å². The van der Waals surface area contributed by atoms with Crippen LogP contribution in [0, 0.1) is 5.92 Å². The molecule has 3 N–H and O–H groups in total. The Morgan fingerprint density at radius 3 is 2.63 bits per heavy atom. The van der Waals surface area contributed by atoms with E-state index in [4.69, 9.17) is 5.73 Å². The molecule has 1 saturated carbocycles. The first kappa shape index (κ1) is 16.4. The van der Waals surface area contributed by atoms with Crippen molar-refractivity contribution in [3.8, 4) is 0 Å². The number of nitrogens with two attached hydrogens (primary N) is 1. The van der Waals surface area contributed by atoms with Gasteiger partial charge in [0.25, 0.3) is 0 Å². The second-order valence-corrected chi connectivity index (χ2v) is 8.10. The smallest absolute Gasteiger partial charge is 0.237 e. The first-order valence-electron chi connectivity index (χ1n) is 7.01. The molecule has 0 aliphatic heterocycles. The molecule has 112 valence electrons. The Morgan fingerprint density at radius 1 is 1.32 bits per heavy atom. The van der Waals surface area contributed by atoms with Crippen LogP contribution in [0.2, 0.25) is 0 Å². The molecule has 1 amide bonds. The van der Waals surface area contributed by atoms with E-state index in [1.807, 2.05) is 0 Å². The number of sulfone groups is 1. The van der Waals surface area contributed by atoms with Crippen molar-refractivity contribution in [2.75, 3.05) is 12.0 Å². The highest BCUT2D eigenvalue weighted by Crippen LogP contribution is 2.22. The second kappa shape index (κ2) is 7.24. The number of nitrogens with one attached hydrogen (secondary N) is 1. The molecular weight excluding hydrogens is 264 g/mol. The van der Waals surface area contributed by atoms with Crippen LogP contribution in [-0.2, 0) is 14.6 Å². The second-order valence-electron chi connectivity index (χ2n) is 5.84. The van der Waals surface area contributed by atoms with Crippen LogP contribution in [0.15, 0.2) is 0 Å². The number of hydrogen-bond acceptors (Lipinski definition) is 4. The van der Waals surface area contributed by atoms with Crippen molar-refractivity contribution in [1.29, 1.82) is 0 Å². The first-order chi connectivity index (χ1) is 8.78. The largest absolute Gasteiger partial charge is 0.352 e. The summed E-state index contributed by atoms with van der Waals surface area (Å²) in [7, 11) is -3.06. The van der Waals surface area contributed by atoms with E-state index < -0.39 is 15.9 Å². The van der Waals surface area contributed by atoms with Gasteiger partial charge >= 0.3 is 0 Å². The summed E-state index contributed by atoms with van der Waals surface area (Å²) in [6.45, 7) is 2.24. The highest BCUT2D eigenvalue weighted by molar-refractivity contribution is 7.90. The third kappa shape index (κ3) is 6.92. The van der Waals surface area contributed by atoms with Crippen molar-refractivity contribution >= 4 is 15.7 Å². The summed E-state index contributed by atoms with van der Waals surface area (Å²) in [6.07, 6.45) is 6.80. The zero-order chi connectivity index (χ0) is 14.5. The van der Waals surface area contributed by atoms with Crippen LogP contribution >= 0.6 is 0 Å². The third-order valence-corrected chi connectivity index (χ3v) is 4.72. The van der Waals surface area contributed by atoms with Gasteiger partial charge in [-0.05, 0) is 31.6 Å². The zero-order valence-electron chi connectivity index (χ0n) is 11.9. The highest BCUT2D eigenvalue weighted by atomic mass is 32.2. The molecule has 1 fully saturated rings. The van der Waals surface area contributed by atoms with Gasteiger partial charge in [-0.15, -0.1) is 0 Å². The predicted molar refractivity (Wildman–Crippen MR) is 76.5 cm³/mol. The summed E-state index contributed by atoms with van der Waals surface area (Å²) >= 11 is 0. The Morgan fingerprint density at radius 2 is 2.00 bits per heavy atom. The maximum atomic E-state index is 11.9. The van der Waals surface area contributed by atoms with Gasteiger partial charge in [0.05, 0.1) is 11.8 Å². The summed E-state index contributed by atoms with van der Waals surface area (Å²) in [5.41, 5.74) is 5.73. The van der Waals surface area contributed by atoms with E-state index in [-0.39, 0.29) is 24.1 Å². The van der Waals surface area contributed by atoms with Crippen molar-refractivity contribution in [2.24, 2.45) is 11.7 Å². The Kier molecular flexibility index (Phi) is 6.26. The van der Waals surface area contributed by atoms with Crippen LogP contribution in [0.5, 0.6) is 0 Å². The zero-order valence-corrected chi connectivity index (χ0v) is 12.7. The molecule has 3 unspecified atom stereocenters. The molecule has 0 radical (unpaired) electrons. The van der Waals surface area contributed by atoms with Crippen molar-refractivity contribution in [2.45, 2.75) is 57.5 Å². The average Bonchev–Trinajstić information content (AvgIpc) is 2.50. The lowest BCUT2D eigenvalue weighted by Crippen LogP contribution is -2.45. The minimum absolute atomic E-state index is 0.0384. The van der Waals surface area contributed by atoms with Gasteiger partial charge in [0.2, 0.25) is 5.91 Å². The number of carbonyl (C=O) groups excluding carboxylic acids is 1. The average molecular weight is 290 g/mol. The summed E-state index contributed by atoms with van der Waals surface area (Å²) in [5, 5.41) is 2.96. The van der Waals surface area contributed by atoms with E-state index >= 15 is 0 Å². The number of amides is 1. The van der Waals surface area contributed by atoms with E-state index in [1.165, 1.54) is 6.42 Å². The molecule has 1 aliphatic rings. The van der Waals surface area contributed by atoms with E-state index in [2.05, 4.69) is 12.2 Å². The lowest BCUT2D eigenvalue weighted by Gasteiger charge is -2.19. The number of rotatable bonds is 5. The Hall–Kier alpha value is -0.620. The van der Waals surface area contributed by atoms with Crippen LogP contribution in [0.4, 0.5) is 0 Å². The minimum Gasteiger partial charge on any atom is -0.352 e. The third-order valence-electron chi connectivity index (χ3n) is 3.74. The van der Waals surface area contributed by atoms with E-state index in [0.717, 1.165) is 37.9 Å². The van der Waals surface area contributed by atoms with Gasteiger partial charge in [-0.1, -0.05) is 19.8 Å². The molecule has 0 aromatic rings. The lowest BCUT2D eigenvalue weighted by atomic mass is 10.0. The molecule has 0 spiro atoms. The molecule has 1 aliphatic carbocycles. The number of hydrogen-bond donors (Lipinski definition) is 2. The van der Waals surface area contributed by atoms with Gasteiger partial charge in [0.1, 0.15) is 9.84 Å². The summed E-state index contributed by atoms with van der Waals surface area (Å²) in [5.74, 6) is 0.465. The fourth-order valence-corrected chi connectivity index (χ4v) is 3.09. The fourth-order valence-electron chi connectivity index (χ4n) is 2.41. The van der Waals surface area contributed by atoms with E-state index in [1.54, 1.807) is 0 Å². The monoisotopic (exact) mass is 290 g/mol. The molecule has 5 nitrogen and oxygen atoms in total. The minimum atomic E-state index is -3.06. The Labute approximate surface area is 116 Å². The summed E-state index contributed by atoms with van der Waals surface area (Å²) in [4.78, 5) is 11.9. The normalized spacial score (nSPS) is 26.5. The van der Waals surface area contributed by atoms with Gasteiger partial charge in [-0.3, -0.25) is 4.79 Å². The predicted octanol–water partition coefficient (Wildman–Crippen LogP) is 0.833. The maximum Gasteiger partial charge on any atom is 0.237 e. The molecule has 0 aromatic carbocycles. The topological polar surface area (TPSA) is 89.3 Å². The first-order valence-corrected chi connectivity index (χ1v) is 9.07. The molecule has 0 heterocycles. The highest BCUT2D eigenvalue weighted by Gasteiger charge is 2.21. The van der Waals surface area contributed by atoms with Crippen LogP contribution in [0.3, 0.4) is 0 Å². The standard InChI is InChI=1S/C13H26N2O3S/c1-10-4-3-5-11(7-6-10)15-13(16)12(14)8-9-19(2,17)18/h10-12H,3-9,14H2,1-2H3,(H,15,16). The summed E-state index contributed by atoms with van der Waals surface area (Å²) in [6, 6.07) is -0.530. The Bertz CT molecular complexity index is 395. The van der Waals surface area contributed by atoms with E-state index in [0.29, 0.717) is 0 Å². The van der Waals surface area contributed by atoms with Crippen molar-refractivity contribution < 1.29 is 13.2 Å². The number of carbonyl (C=O) groups is 1. The van der Waals surface area contributed by atoms with Crippen molar-refractivity contribution in [3.63, 3.8) is 0 Å².